The molecule has 1 aromatic rings. The van der Waals surface area contributed by atoms with E-state index in [0.29, 0.717) is 0 Å². The molecule has 0 aromatic heterocycles. The van der Waals surface area contributed by atoms with Crippen molar-refractivity contribution < 1.29 is 4.74 Å². The second-order valence-corrected chi connectivity index (χ2v) is 3.06. The summed E-state index contributed by atoms with van der Waals surface area (Å²) in [5.41, 5.74) is 5.47. The number of hydrogen-bond acceptors (Lipinski definition) is 1. The lowest BCUT2D eigenvalue weighted by molar-refractivity contribution is 0.415. The fraction of sp³-hybridized carbons (Fsp3) is 0.250. The lowest BCUT2D eigenvalue weighted by Crippen LogP contribution is -1.80. The van der Waals surface area contributed by atoms with Crippen molar-refractivity contribution in [2.75, 3.05) is 7.11 Å². The van der Waals surface area contributed by atoms with Gasteiger partial charge in [0.25, 0.3) is 0 Å². The van der Waals surface area contributed by atoms with Crippen LogP contribution in [0, 0.1) is 0 Å². The Morgan fingerprint density at radius 3 is 2.31 bits per heavy atom. The first-order chi connectivity index (χ1) is 6.22. The molecule has 0 aliphatic carbocycles. The molecule has 0 amide bonds. The quantitative estimate of drug-likeness (QED) is 0.625. The second-order valence-electron chi connectivity index (χ2n) is 3.06. The summed E-state index contributed by atoms with van der Waals surface area (Å²) in [6.07, 6.45) is 1.97. The van der Waals surface area contributed by atoms with Crippen LogP contribution in [0.25, 0.3) is 6.08 Å². The Bertz CT molecular complexity index is 323. The molecule has 0 atom stereocenters. The van der Waals surface area contributed by atoms with Crippen LogP contribution in [0.4, 0.5) is 0 Å². The van der Waals surface area contributed by atoms with E-state index in [2.05, 4.69) is 5.73 Å². The molecule has 1 rings (SSSR count). The molecule has 0 saturated heterocycles. The fourth-order valence-corrected chi connectivity index (χ4v) is 0.928. The summed E-state index contributed by atoms with van der Waals surface area (Å²) in [5.74, 6) is 0.884. The lowest BCUT2D eigenvalue weighted by atomic mass is 10.2. The van der Waals surface area contributed by atoms with E-state index in [-0.39, 0.29) is 0 Å². The first kappa shape index (κ1) is 9.63. The van der Waals surface area contributed by atoms with E-state index < -0.39 is 0 Å². The molecule has 0 N–H and O–H groups in total. The van der Waals surface area contributed by atoms with Crippen LogP contribution >= 0.6 is 0 Å². The van der Waals surface area contributed by atoms with E-state index in [1.54, 1.807) is 7.11 Å². The third kappa shape index (κ3) is 3.18. The van der Waals surface area contributed by atoms with Crippen LogP contribution in [0.2, 0.25) is 0 Å². The Morgan fingerprint density at radius 1 is 1.23 bits per heavy atom. The zero-order valence-corrected chi connectivity index (χ0v) is 8.29. The van der Waals surface area contributed by atoms with Gasteiger partial charge >= 0.3 is 0 Å². The van der Waals surface area contributed by atoms with Crippen molar-refractivity contribution in [2.24, 2.45) is 0 Å². The van der Waals surface area contributed by atoms with Crippen LogP contribution in [-0.2, 0) is 0 Å². The van der Waals surface area contributed by atoms with Crippen molar-refractivity contribution in [3.8, 4) is 5.75 Å². The Balaban J connectivity index is 2.87. The minimum Gasteiger partial charge on any atom is -0.497 e. The van der Waals surface area contributed by atoms with Crippen LogP contribution in [-0.4, -0.2) is 7.11 Å². The largest absolute Gasteiger partial charge is 0.497 e. The summed E-state index contributed by atoms with van der Waals surface area (Å²) in [7, 11) is 1.67. The molecule has 0 heterocycles. The van der Waals surface area contributed by atoms with Gasteiger partial charge in [-0.15, -0.1) is 5.73 Å². The highest BCUT2D eigenvalue weighted by Gasteiger charge is 1.88. The average Bonchev–Trinajstić information content (AvgIpc) is 2.15. The van der Waals surface area contributed by atoms with Gasteiger partial charge in [-0.3, -0.25) is 0 Å². The first-order valence-electron chi connectivity index (χ1n) is 4.26. The van der Waals surface area contributed by atoms with Crippen LogP contribution in [0.3, 0.4) is 0 Å². The van der Waals surface area contributed by atoms with E-state index in [1.165, 1.54) is 5.57 Å². The summed E-state index contributed by atoms with van der Waals surface area (Å²) in [6, 6.07) is 7.90. The summed E-state index contributed by atoms with van der Waals surface area (Å²) >= 11 is 0. The van der Waals surface area contributed by atoms with Gasteiger partial charge < -0.3 is 4.74 Å². The Kier molecular flexibility index (Phi) is 3.36. The molecule has 0 bridgehead atoms. The molecule has 0 aliphatic heterocycles. The van der Waals surface area contributed by atoms with Crippen LogP contribution < -0.4 is 4.74 Å². The van der Waals surface area contributed by atoms with E-state index in [1.807, 2.05) is 44.2 Å². The van der Waals surface area contributed by atoms with Crippen LogP contribution in [0.15, 0.2) is 35.6 Å². The minimum absolute atomic E-state index is 0.884. The van der Waals surface area contributed by atoms with Crippen molar-refractivity contribution in [1.82, 2.24) is 0 Å². The summed E-state index contributed by atoms with van der Waals surface area (Å²) in [5, 5.41) is 0. The van der Waals surface area contributed by atoms with Crippen molar-refractivity contribution in [1.29, 1.82) is 0 Å². The molecule has 0 radical (unpaired) electrons. The topological polar surface area (TPSA) is 9.23 Å². The van der Waals surface area contributed by atoms with Crippen LogP contribution in [0.5, 0.6) is 5.75 Å². The smallest absolute Gasteiger partial charge is 0.118 e. The maximum Gasteiger partial charge on any atom is 0.118 e. The van der Waals surface area contributed by atoms with Gasteiger partial charge in [-0.2, -0.15) is 0 Å². The third-order valence-electron chi connectivity index (χ3n) is 1.64. The number of rotatable bonds is 2. The monoisotopic (exact) mass is 174 g/mol. The van der Waals surface area contributed by atoms with Crippen molar-refractivity contribution in [3.05, 3.63) is 41.1 Å². The standard InChI is InChI=1S/C12H14O/c1-10(2)4-5-11-6-8-12(13-3)9-7-11/h5-9H,1-3H3. The predicted molar refractivity (Wildman–Crippen MR) is 55.8 cm³/mol. The average molecular weight is 174 g/mol. The van der Waals surface area contributed by atoms with Gasteiger partial charge in [0.15, 0.2) is 0 Å². The van der Waals surface area contributed by atoms with Crippen molar-refractivity contribution in [3.63, 3.8) is 0 Å². The van der Waals surface area contributed by atoms with E-state index in [4.69, 9.17) is 4.74 Å². The Hall–Kier alpha value is -1.46. The molecule has 68 valence electrons. The molecule has 1 heteroatoms. The predicted octanol–water partition coefficient (Wildman–Crippen LogP) is 3.27. The molecule has 1 nitrogen and oxygen atoms in total. The molecule has 0 spiro atoms. The molecule has 0 saturated carbocycles. The van der Waals surface area contributed by atoms with Crippen molar-refractivity contribution in [2.45, 2.75) is 13.8 Å². The summed E-state index contributed by atoms with van der Waals surface area (Å²) < 4.78 is 5.06. The summed E-state index contributed by atoms with van der Waals surface area (Å²) in [6.45, 7) is 4.06. The Morgan fingerprint density at radius 2 is 1.85 bits per heavy atom. The highest BCUT2D eigenvalue weighted by atomic mass is 16.5. The zero-order valence-electron chi connectivity index (χ0n) is 8.29. The number of hydrogen-bond donors (Lipinski definition) is 0. The molecule has 13 heavy (non-hydrogen) atoms. The minimum atomic E-state index is 0.884. The zero-order chi connectivity index (χ0) is 9.68. The van der Waals surface area contributed by atoms with E-state index in [9.17, 15) is 0 Å². The highest BCUT2D eigenvalue weighted by molar-refractivity contribution is 5.50. The molecule has 0 fully saturated rings. The first-order valence-corrected chi connectivity index (χ1v) is 4.26. The van der Waals surface area contributed by atoms with E-state index >= 15 is 0 Å². The SMILES string of the molecule is COc1ccc(C=C=C(C)C)cc1. The second kappa shape index (κ2) is 4.54. The summed E-state index contributed by atoms with van der Waals surface area (Å²) in [4.78, 5) is 0. The number of ether oxygens (including phenoxy) is 1. The highest BCUT2D eigenvalue weighted by Crippen LogP contribution is 2.11. The van der Waals surface area contributed by atoms with Gasteiger partial charge in [0.2, 0.25) is 0 Å². The van der Waals surface area contributed by atoms with Crippen LogP contribution in [0.1, 0.15) is 19.4 Å². The van der Waals surface area contributed by atoms with Gasteiger partial charge in [0.1, 0.15) is 5.75 Å². The van der Waals surface area contributed by atoms with Gasteiger partial charge in [-0.25, -0.2) is 0 Å². The lowest BCUT2D eigenvalue weighted by Gasteiger charge is -1.97. The number of benzene rings is 1. The molecule has 1 aromatic carbocycles. The van der Waals surface area contributed by atoms with Crippen molar-refractivity contribution >= 4 is 6.08 Å². The van der Waals surface area contributed by atoms with Gasteiger partial charge in [0, 0.05) is 0 Å². The van der Waals surface area contributed by atoms with Gasteiger partial charge in [0.05, 0.1) is 7.11 Å². The van der Waals surface area contributed by atoms with Gasteiger partial charge in [-0.05, 0) is 43.2 Å². The fourth-order valence-electron chi connectivity index (χ4n) is 0.928. The maximum atomic E-state index is 5.06. The third-order valence-corrected chi connectivity index (χ3v) is 1.64. The molecular weight excluding hydrogens is 160 g/mol. The maximum absolute atomic E-state index is 5.06. The normalized spacial score (nSPS) is 8.85. The van der Waals surface area contributed by atoms with Gasteiger partial charge in [-0.1, -0.05) is 12.1 Å². The molecule has 0 unspecified atom stereocenters. The number of allylic oxidation sites excluding steroid dienone is 1. The Labute approximate surface area is 79.4 Å². The number of methoxy groups -OCH3 is 1. The van der Waals surface area contributed by atoms with E-state index in [0.717, 1.165) is 11.3 Å². The molecular formula is C12H14O. The molecule has 0 aliphatic rings.